The van der Waals surface area contributed by atoms with Crippen molar-refractivity contribution in [1.29, 1.82) is 0 Å². The first kappa shape index (κ1) is 25.1. The van der Waals surface area contributed by atoms with Gasteiger partial charge >= 0.3 is 0 Å². The second kappa shape index (κ2) is 11.1. The lowest BCUT2D eigenvalue weighted by molar-refractivity contribution is -0.120. The van der Waals surface area contributed by atoms with Gasteiger partial charge in [-0.3, -0.25) is 9.78 Å². The summed E-state index contributed by atoms with van der Waals surface area (Å²) in [6.07, 6.45) is 5.36. The van der Waals surface area contributed by atoms with Gasteiger partial charge in [0.05, 0.1) is 5.69 Å². The first-order valence-electron chi connectivity index (χ1n) is 12.8. The van der Waals surface area contributed by atoms with Crippen LogP contribution in [-0.4, -0.2) is 23.5 Å². The zero-order chi connectivity index (χ0) is 24.9. The van der Waals surface area contributed by atoms with Gasteiger partial charge < -0.3 is 10.6 Å². The van der Waals surface area contributed by atoms with Crippen LogP contribution >= 0.6 is 0 Å². The predicted molar refractivity (Wildman–Crippen MR) is 141 cm³/mol. The number of benzene rings is 2. The summed E-state index contributed by atoms with van der Waals surface area (Å²) in [4.78, 5) is 19.6. The smallest absolute Gasteiger partial charge is 0.230 e. The van der Waals surface area contributed by atoms with E-state index in [0.29, 0.717) is 18.7 Å². The fraction of sp³-hybridized carbons (Fsp3) is 0.400. The third-order valence-corrected chi connectivity index (χ3v) is 7.28. The molecule has 2 aromatic carbocycles. The summed E-state index contributed by atoms with van der Waals surface area (Å²) in [6, 6.07) is 19.6. The van der Waals surface area contributed by atoms with Crippen LogP contribution in [-0.2, 0) is 11.2 Å². The van der Waals surface area contributed by atoms with Gasteiger partial charge in [-0.2, -0.15) is 0 Å². The number of rotatable bonds is 10. The highest BCUT2D eigenvalue weighted by Gasteiger charge is 2.48. The van der Waals surface area contributed by atoms with Crippen molar-refractivity contribution in [2.45, 2.75) is 58.4 Å². The van der Waals surface area contributed by atoms with E-state index in [0.717, 1.165) is 36.1 Å². The van der Waals surface area contributed by atoms with Crippen LogP contribution in [0.4, 0.5) is 10.1 Å². The van der Waals surface area contributed by atoms with Gasteiger partial charge in [0.2, 0.25) is 5.91 Å². The Balaban J connectivity index is 1.55. The topological polar surface area (TPSA) is 59.2 Å². The van der Waals surface area contributed by atoms with E-state index in [-0.39, 0.29) is 35.5 Å². The van der Waals surface area contributed by atoms with Crippen LogP contribution < -0.4 is 10.6 Å². The van der Waals surface area contributed by atoms with Gasteiger partial charge in [-0.25, -0.2) is 4.39 Å². The number of pyridine rings is 1. The number of nitrogens with zero attached hydrogens (tertiary/aromatic N) is 2. The number of carbonyl (C=O) groups is 1. The molecule has 1 fully saturated rings. The Bertz CT molecular complexity index is 1130. The van der Waals surface area contributed by atoms with Crippen LogP contribution in [0.2, 0.25) is 0 Å². The van der Waals surface area contributed by atoms with Crippen LogP contribution in [0.1, 0.15) is 57.2 Å². The number of halogens is 1. The van der Waals surface area contributed by atoms with Gasteiger partial charge in [0.1, 0.15) is 5.82 Å². The first-order valence-corrected chi connectivity index (χ1v) is 12.8. The van der Waals surface area contributed by atoms with E-state index in [1.807, 2.05) is 12.1 Å². The minimum absolute atomic E-state index is 0.00419. The fourth-order valence-electron chi connectivity index (χ4n) is 4.64. The molecule has 0 spiro atoms. The number of aromatic nitrogens is 1. The van der Waals surface area contributed by atoms with Gasteiger partial charge in [0.25, 0.3) is 0 Å². The van der Waals surface area contributed by atoms with Gasteiger partial charge in [-0.05, 0) is 59.7 Å². The average molecular weight is 474 g/mol. The third kappa shape index (κ3) is 5.79. The Kier molecular flexibility index (Phi) is 7.97. The molecular weight excluding hydrogens is 437 g/mol. The minimum atomic E-state index is -0.343. The summed E-state index contributed by atoms with van der Waals surface area (Å²) in [6.45, 7) is 6.84. The Morgan fingerprint density at radius 2 is 1.74 bits per heavy atom. The lowest BCUT2D eigenvalue weighted by atomic mass is 9.98. The molecule has 4 atom stereocenters. The van der Waals surface area contributed by atoms with E-state index in [2.05, 4.69) is 62.2 Å². The average Bonchev–Trinajstić information content (AvgIpc) is 3.68. The van der Waals surface area contributed by atoms with Crippen LogP contribution in [0.15, 0.2) is 66.9 Å². The molecule has 1 saturated carbocycles. The molecule has 1 unspecified atom stereocenters. The summed E-state index contributed by atoms with van der Waals surface area (Å²) in [5.74, 6) is -0.504. The van der Waals surface area contributed by atoms with Crippen molar-refractivity contribution < 1.29 is 9.18 Å². The van der Waals surface area contributed by atoms with Crippen molar-refractivity contribution in [2.24, 2.45) is 17.6 Å². The molecule has 1 aliphatic carbocycles. The molecular formula is C30H36FN3O. The number of nitrogens with two attached hydrogens (primary N) is 1. The molecule has 4 rings (SSSR count). The molecule has 1 heterocycles. The van der Waals surface area contributed by atoms with Gasteiger partial charge in [-0.1, -0.05) is 70.0 Å². The largest absolute Gasteiger partial charge is 0.326 e. The fourth-order valence-corrected chi connectivity index (χ4v) is 4.64. The number of carbonyl (C=O) groups excluding carboxylic acids is 1. The number of amides is 1. The SMILES string of the molecule is CCCc1ccc(-c2ccc(N(C[C@@H](N)[C@@H](C)CC)C(=O)C3C[C@H]3c3ncccc3F)cc2)cc1. The zero-order valence-electron chi connectivity index (χ0n) is 21.0. The summed E-state index contributed by atoms with van der Waals surface area (Å²) < 4.78 is 14.3. The molecule has 0 radical (unpaired) electrons. The van der Waals surface area contributed by atoms with E-state index < -0.39 is 0 Å². The van der Waals surface area contributed by atoms with Crippen molar-refractivity contribution in [1.82, 2.24) is 4.98 Å². The molecule has 1 amide bonds. The van der Waals surface area contributed by atoms with Gasteiger partial charge in [0.15, 0.2) is 0 Å². The quantitative estimate of drug-likeness (QED) is 0.373. The van der Waals surface area contributed by atoms with Gasteiger partial charge in [-0.15, -0.1) is 0 Å². The van der Waals surface area contributed by atoms with E-state index >= 15 is 0 Å². The Morgan fingerprint density at radius 1 is 1.09 bits per heavy atom. The molecule has 4 nitrogen and oxygen atoms in total. The Morgan fingerprint density at radius 3 is 2.34 bits per heavy atom. The maximum absolute atomic E-state index is 14.3. The van der Waals surface area contributed by atoms with Gasteiger partial charge in [0, 0.05) is 36.3 Å². The maximum atomic E-state index is 14.3. The first-order chi connectivity index (χ1) is 16.9. The molecule has 1 aliphatic rings. The van der Waals surface area contributed by atoms with Crippen LogP contribution in [0, 0.1) is 17.7 Å². The lowest BCUT2D eigenvalue weighted by Crippen LogP contribution is -2.45. The van der Waals surface area contributed by atoms with Crippen LogP contribution in [0.25, 0.3) is 11.1 Å². The predicted octanol–water partition coefficient (Wildman–Crippen LogP) is 6.35. The molecule has 0 bridgehead atoms. The second-order valence-electron chi connectivity index (χ2n) is 9.81. The number of hydrogen-bond donors (Lipinski definition) is 1. The summed E-state index contributed by atoms with van der Waals surface area (Å²) in [7, 11) is 0. The van der Waals surface area contributed by atoms with E-state index in [1.54, 1.807) is 17.2 Å². The Labute approximate surface area is 208 Å². The molecule has 184 valence electrons. The molecule has 5 heteroatoms. The third-order valence-electron chi connectivity index (χ3n) is 7.28. The molecule has 0 saturated heterocycles. The highest BCUT2D eigenvalue weighted by molar-refractivity contribution is 5.97. The van der Waals surface area contributed by atoms with E-state index in [1.165, 1.54) is 11.6 Å². The van der Waals surface area contributed by atoms with E-state index in [9.17, 15) is 9.18 Å². The molecule has 1 aromatic heterocycles. The normalized spacial score (nSPS) is 18.7. The Hall–Kier alpha value is -3.05. The minimum Gasteiger partial charge on any atom is -0.326 e. The maximum Gasteiger partial charge on any atom is 0.230 e. The second-order valence-corrected chi connectivity index (χ2v) is 9.81. The van der Waals surface area contributed by atoms with E-state index in [4.69, 9.17) is 5.73 Å². The number of hydrogen-bond acceptors (Lipinski definition) is 3. The number of anilines is 1. The summed E-state index contributed by atoms with van der Waals surface area (Å²) >= 11 is 0. The van der Waals surface area contributed by atoms with Crippen LogP contribution in [0.3, 0.4) is 0 Å². The standard InChI is InChI=1S/C30H36FN3O/c1-4-7-21-9-11-22(12-10-21)23-13-15-24(16-14-23)34(19-28(32)20(3)5-2)30(35)26-18-25(26)29-27(31)8-6-17-33-29/h6,8-17,20,25-26,28H,4-5,7,18-19,32H2,1-3H3/t20-,25+,26?,28+/m0/s1. The van der Waals surface area contributed by atoms with Crippen molar-refractivity contribution in [3.8, 4) is 11.1 Å². The molecule has 35 heavy (non-hydrogen) atoms. The highest BCUT2D eigenvalue weighted by Crippen LogP contribution is 2.49. The van der Waals surface area contributed by atoms with Crippen molar-refractivity contribution in [3.63, 3.8) is 0 Å². The molecule has 2 N–H and O–H groups in total. The zero-order valence-corrected chi connectivity index (χ0v) is 21.0. The lowest BCUT2D eigenvalue weighted by Gasteiger charge is -2.29. The highest BCUT2D eigenvalue weighted by atomic mass is 19.1. The monoisotopic (exact) mass is 473 g/mol. The van der Waals surface area contributed by atoms with Crippen molar-refractivity contribution >= 4 is 11.6 Å². The number of aryl methyl sites for hydroxylation is 1. The van der Waals surface area contributed by atoms with Crippen molar-refractivity contribution in [2.75, 3.05) is 11.4 Å². The summed E-state index contributed by atoms with van der Waals surface area (Å²) in [5.41, 5.74) is 11.3. The summed E-state index contributed by atoms with van der Waals surface area (Å²) in [5, 5.41) is 0. The molecule has 0 aliphatic heterocycles. The van der Waals surface area contributed by atoms with Crippen LogP contribution in [0.5, 0.6) is 0 Å². The van der Waals surface area contributed by atoms with Crippen molar-refractivity contribution in [3.05, 3.63) is 83.9 Å². The molecule has 3 aromatic rings.